The molecule has 3 N–H and O–H groups in total. The molecule has 254 valence electrons. The molecule has 1 aliphatic carbocycles. The number of nitrogens with one attached hydrogen (secondary N) is 2. The molecule has 2 aromatic carbocycles. The normalized spacial score (nSPS) is 22.4. The molecule has 1 fully saturated rings. The number of hydrogen-bond donors (Lipinski definition) is 3. The van der Waals surface area contributed by atoms with Crippen LogP contribution in [0.4, 0.5) is 29.3 Å². The van der Waals surface area contributed by atoms with Crippen LogP contribution in [0.25, 0.3) is 0 Å². The number of halogens is 3. The number of aliphatic hydroxyl groups excluding tert-OH is 1. The zero-order valence-electron chi connectivity index (χ0n) is 27.1. The second-order valence-corrected chi connectivity index (χ2v) is 12.8. The van der Waals surface area contributed by atoms with Gasteiger partial charge < -0.3 is 35.0 Å². The van der Waals surface area contributed by atoms with Crippen LogP contribution in [0.3, 0.4) is 0 Å². The van der Waals surface area contributed by atoms with Gasteiger partial charge in [-0.3, -0.25) is 4.79 Å². The number of nitrogens with zero attached hydrogens (tertiary/aromatic N) is 2. The first-order valence-electron chi connectivity index (χ1n) is 16.1. The zero-order chi connectivity index (χ0) is 33.4. The maximum atomic E-state index is 14.2. The summed E-state index contributed by atoms with van der Waals surface area (Å²) in [6, 6.07) is 7.69. The molecule has 4 rings (SSSR count). The Hall–Kier alpha value is -3.35. The van der Waals surface area contributed by atoms with E-state index < -0.39 is 23.8 Å². The van der Waals surface area contributed by atoms with E-state index in [1.165, 1.54) is 31.0 Å². The lowest BCUT2D eigenvalue weighted by Gasteiger charge is -2.36. The number of carbonyl (C=O) groups is 2. The highest BCUT2D eigenvalue weighted by Gasteiger charge is 2.32. The zero-order valence-corrected chi connectivity index (χ0v) is 27.1. The van der Waals surface area contributed by atoms with E-state index in [1.54, 1.807) is 24.0 Å². The van der Waals surface area contributed by atoms with Crippen molar-refractivity contribution in [2.24, 2.45) is 11.8 Å². The van der Waals surface area contributed by atoms with E-state index in [4.69, 9.17) is 9.47 Å². The molecule has 46 heavy (non-hydrogen) atoms. The van der Waals surface area contributed by atoms with Crippen molar-refractivity contribution in [2.45, 2.75) is 77.3 Å². The Morgan fingerprint density at radius 1 is 1.04 bits per heavy atom. The van der Waals surface area contributed by atoms with Gasteiger partial charge in [0.05, 0.1) is 36.0 Å². The summed E-state index contributed by atoms with van der Waals surface area (Å²) in [5.41, 5.74) is -0.126. The number of ether oxygens (including phenoxy) is 2. The van der Waals surface area contributed by atoms with Crippen molar-refractivity contribution < 1.29 is 37.3 Å². The third kappa shape index (κ3) is 10.3. The van der Waals surface area contributed by atoms with Crippen LogP contribution in [0.1, 0.15) is 68.8 Å². The third-order valence-corrected chi connectivity index (χ3v) is 8.54. The van der Waals surface area contributed by atoms with Crippen LogP contribution in [0.2, 0.25) is 0 Å². The number of likely N-dealkylation sites (N-methyl/N-ethyl adjacent to an activating group) is 1. The molecular formula is C34H47F3N4O5. The number of rotatable bonds is 8. The van der Waals surface area contributed by atoms with Crippen molar-refractivity contribution in [3.63, 3.8) is 0 Å². The van der Waals surface area contributed by atoms with Crippen molar-refractivity contribution in [1.82, 2.24) is 9.80 Å². The van der Waals surface area contributed by atoms with Crippen molar-refractivity contribution >= 4 is 23.3 Å². The van der Waals surface area contributed by atoms with Gasteiger partial charge in [0.1, 0.15) is 5.75 Å². The number of urea groups is 1. The molecule has 2 aromatic rings. The minimum Gasteiger partial charge on any atom is -0.490 e. The van der Waals surface area contributed by atoms with Gasteiger partial charge in [-0.2, -0.15) is 13.2 Å². The third-order valence-electron chi connectivity index (χ3n) is 8.54. The van der Waals surface area contributed by atoms with Crippen LogP contribution in [-0.4, -0.2) is 85.0 Å². The van der Waals surface area contributed by atoms with Crippen molar-refractivity contribution in [3.05, 3.63) is 53.6 Å². The maximum Gasteiger partial charge on any atom is 0.416 e. The molecule has 3 amide bonds. The maximum absolute atomic E-state index is 14.2. The van der Waals surface area contributed by atoms with E-state index >= 15 is 0 Å². The van der Waals surface area contributed by atoms with Gasteiger partial charge in [-0.1, -0.05) is 6.92 Å². The number of anilines is 2. The average Bonchev–Trinajstić information content (AvgIpc) is 3.82. The lowest BCUT2D eigenvalue weighted by atomic mass is 10.0. The summed E-state index contributed by atoms with van der Waals surface area (Å²) in [5, 5.41) is 15.3. The molecule has 0 unspecified atom stereocenters. The van der Waals surface area contributed by atoms with Crippen LogP contribution < -0.4 is 15.4 Å². The Morgan fingerprint density at radius 3 is 2.37 bits per heavy atom. The predicted molar refractivity (Wildman–Crippen MR) is 171 cm³/mol. The fourth-order valence-corrected chi connectivity index (χ4v) is 5.62. The van der Waals surface area contributed by atoms with E-state index in [0.29, 0.717) is 24.6 Å². The number of hydrogen-bond acceptors (Lipinski definition) is 6. The summed E-state index contributed by atoms with van der Waals surface area (Å²) in [4.78, 5) is 31.0. The van der Waals surface area contributed by atoms with E-state index in [2.05, 4.69) is 29.5 Å². The highest BCUT2D eigenvalue weighted by Crippen LogP contribution is 2.32. The van der Waals surface area contributed by atoms with Gasteiger partial charge >= 0.3 is 12.2 Å². The highest BCUT2D eigenvalue weighted by molar-refractivity contribution is 6.02. The first-order valence-corrected chi connectivity index (χ1v) is 16.1. The van der Waals surface area contributed by atoms with Gasteiger partial charge in [-0.25, -0.2) is 4.79 Å². The molecule has 4 atom stereocenters. The second-order valence-electron chi connectivity index (χ2n) is 12.8. The van der Waals surface area contributed by atoms with Gasteiger partial charge in [-0.05, 0) is 101 Å². The molecule has 2 aliphatic rings. The minimum absolute atomic E-state index is 0.0401. The molecule has 0 aromatic heterocycles. The number of aliphatic hydroxyl groups is 1. The van der Waals surface area contributed by atoms with E-state index in [1.807, 2.05) is 6.92 Å². The Morgan fingerprint density at radius 2 is 1.72 bits per heavy atom. The van der Waals surface area contributed by atoms with Crippen molar-refractivity contribution in [3.8, 4) is 5.75 Å². The lowest BCUT2D eigenvalue weighted by Crippen LogP contribution is -2.47. The highest BCUT2D eigenvalue weighted by atomic mass is 19.4. The van der Waals surface area contributed by atoms with Crippen LogP contribution in [-0.2, 0) is 10.9 Å². The fraction of sp³-hybridized carbons (Fsp3) is 0.588. The van der Waals surface area contributed by atoms with Crippen molar-refractivity contribution in [2.75, 3.05) is 50.5 Å². The first kappa shape index (κ1) is 35.5. The Labute approximate surface area is 269 Å². The summed E-state index contributed by atoms with van der Waals surface area (Å²) < 4.78 is 51.4. The quantitative estimate of drug-likeness (QED) is 0.303. The average molecular weight is 649 g/mol. The number of alkyl halides is 3. The monoisotopic (exact) mass is 648 g/mol. The largest absolute Gasteiger partial charge is 0.490 e. The Bertz CT molecular complexity index is 1300. The summed E-state index contributed by atoms with van der Waals surface area (Å²) in [7, 11) is 2.11. The Balaban J connectivity index is 1.57. The molecule has 0 radical (unpaired) electrons. The number of benzene rings is 2. The molecular weight excluding hydrogens is 601 g/mol. The Kier molecular flexibility index (Phi) is 12.3. The van der Waals surface area contributed by atoms with Crippen LogP contribution >= 0.6 is 0 Å². The first-order chi connectivity index (χ1) is 21.8. The van der Waals surface area contributed by atoms with E-state index in [-0.39, 0.29) is 41.9 Å². The van der Waals surface area contributed by atoms with Gasteiger partial charge in [0.15, 0.2) is 0 Å². The SMILES string of the molecule is C[C@@H]1CCCCO[C@H](CN(C)CC2CC2)[C@H](C)CN([C@H](C)CO)C(=O)c2cc(NC(=O)Nc3ccc(C(F)(F)F)cc3)ccc2O1. The van der Waals surface area contributed by atoms with E-state index in [9.17, 15) is 27.9 Å². The number of fused-ring (bicyclic) bond motifs is 1. The fourth-order valence-electron chi connectivity index (χ4n) is 5.62. The summed E-state index contributed by atoms with van der Waals surface area (Å²) in [6.07, 6.45) is 0.252. The van der Waals surface area contributed by atoms with Gasteiger partial charge in [0.25, 0.3) is 5.91 Å². The van der Waals surface area contributed by atoms with Gasteiger partial charge in [0.2, 0.25) is 0 Å². The molecule has 0 spiro atoms. The molecule has 0 saturated heterocycles. The minimum atomic E-state index is -4.48. The summed E-state index contributed by atoms with van der Waals surface area (Å²) >= 11 is 0. The lowest BCUT2D eigenvalue weighted by molar-refractivity contribution is -0.137. The second kappa shape index (κ2) is 16.0. The molecule has 1 aliphatic heterocycles. The molecule has 1 saturated carbocycles. The molecule has 1 heterocycles. The number of amides is 3. The molecule has 12 heteroatoms. The van der Waals surface area contributed by atoms with Crippen LogP contribution in [0, 0.1) is 11.8 Å². The smallest absolute Gasteiger partial charge is 0.416 e. The van der Waals surface area contributed by atoms with Gasteiger partial charge in [0, 0.05) is 43.5 Å². The van der Waals surface area contributed by atoms with Crippen LogP contribution in [0.5, 0.6) is 5.75 Å². The summed E-state index contributed by atoms with van der Waals surface area (Å²) in [5.74, 6) is 0.707. The number of carbonyl (C=O) groups excluding carboxylic acids is 2. The van der Waals surface area contributed by atoms with E-state index in [0.717, 1.165) is 50.4 Å². The molecule has 0 bridgehead atoms. The standard InChI is InChI=1S/C34H47F3N4O5/c1-22-18-41(23(2)21-42)32(43)29-17-28(39-33(44)38-27-12-10-26(11-13-27)34(35,36)37)14-15-30(29)46-24(3)7-5-6-16-45-31(22)20-40(4)19-25-8-9-25/h10-15,17,22-25,31,42H,5-9,16,18-21H2,1-4H3,(H2,38,39,44)/t22-,23-,24-,31-/m1/s1. The van der Waals surface area contributed by atoms with Gasteiger partial charge in [-0.15, -0.1) is 0 Å². The topological polar surface area (TPSA) is 103 Å². The van der Waals surface area contributed by atoms with Crippen LogP contribution in [0.15, 0.2) is 42.5 Å². The molecule has 9 nitrogen and oxygen atoms in total. The van der Waals surface area contributed by atoms with Crippen molar-refractivity contribution in [1.29, 1.82) is 0 Å². The summed E-state index contributed by atoms with van der Waals surface area (Å²) in [6.45, 7) is 8.26. The predicted octanol–water partition coefficient (Wildman–Crippen LogP) is 6.49.